The number of carbonyl (C=O) groups excluding carboxylic acids is 1. The Balaban J connectivity index is 1.25. The van der Waals surface area contributed by atoms with Gasteiger partial charge in [0.2, 0.25) is 5.92 Å². The molecule has 7 heteroatoms. The number of hydrogen-bond donors (Lipinski definition) is 2. The van der Waals surface area contributed by atoms with Crippen LogP contribution in [0.2, 0.25) is 0 Å². The molecule has 2 aromatic carbocycles. The smallest absolute Gasteiger partial charge is 0.257 e. The van der Waals surface area contributed by atoms with E-state index in [9.17, 15) is 13.6 Å². The molecule has 2 heterocycles. The molecule has 4 aliphatic rings. The Hall–Kier alpha value is -2.83. The Morgan fingerprint density at radius 2 is 1.63 bits per heavy atom. The molecule has 3 fully saturated rings. The first-order chi connectivity index (χ1) is 16.7. The van der Waals surface area contributed by atoms with Crippen LogP contribution in [-0.4, -0.2) is 38.5 Å². The van der Waals surface area contributed by atoms with Crippen molar-refractivity contribution in [3.05, 3.63) is 47.5 Å². The van der Waals surface area contributed by atoms with Crippen molar-refractivity contribution in [2.24, 2.45) is 5.41 Å². The minimum atomic E-state index is -2.57. The molecule has 6 rings (SSSR count). The molecule has 0 aromatic heterocycles. The van der Waals surface area contributed by atoms with Crippen LogP contribution in [0, 0.1) is 5.41 Å². The zero-order chi connectivity index (χ0) is 24.4. The van der Waals surface area contributed by atoms with Gasteiger partial charge in [-0.15, -0.1) is 0 Å². The third-order valence-electron chi connectivity index (χ3n) is 9.10. The predicted molar refractivity (Wildman–Crippen MR) is 137 cm³/mol. The van der Waals surface area contributed by atoms with Crippen LogP contribution in [0.1, 0.15) is 67.3 Å². The van der Waals surface area contributed by atoms with E-state index in [1.54, 1.807) is 6.07 Å². The summed E-state index contributed by atoms with van der Waals surface area (Å²) in [6.45, 7) is 2.64. The maximum Gasteiger partial charge on any atom is 0.257 e. The number of nitrogen functional groups attached to an aromatic ring is 1. The molecule has 0 radical (unpaired) electrons. The van der Waals surface area contributed by atoms with Gasteiger partial charge >= 0.3 is 0 Å². The van der Waals surface area contributed by atoms with Crippen LogP contribution in [0.25, 0.3) is 0 Å². The third-order valence-corrected chi connectivity index (χ3v) is 9.10. The monoisotopic (exact) mass is 480 g/mol. The molecular formula is C28H34F2N4O. The Morgan fingerprint density at radius 1 is 0.914 bits per heavy atom. The van der Waals surface area contributed by atoms with Gasteiger partial charge < -0.3 is 20.9 Å². The molecule has 3 N–H and O–H groups in total. The largest absolute Gasteiger partial charge is 0.399 e. The van der Waals surface area contributed by atoms with Crippen molar-refractivity contribution in [3.8, 4) is 0 Å². The highest BCUT2D eigenvalue weighted by atomic mass is 19.3. The van der Waals surface area contributed by atoms with Gasteiger partial charge in [-0.05, 0) is 85.9 Å². The number of likely N-dealkylation sites (N-methyl/N-ethyl adjacent to an activating group) is 1. The fourth-order valence-electron chi connectivity index (χ4n) is 6.62. The van der Waals surface area contributed by atoms with Crippen LogP contribution in [0.5, 0.6) is 0 Å². The van der Waals surface area contributed by atoms with Gasteiger partial charge in [-0.3, -0.25) is 4.79 Å². The number of carbonyl (C=O) groups is 1. The predicted octanol–water partition coefficient (Wildman–Crippen LogP) is 5.80. The Morgan fingerprint density at radius 3 is 2.31 bits per heavy atom. The number of alkyl halides is 2. The van der Waals surface area contributed by atoms with Crippen LogP contribution >= 0.6 is 0 Å². The second-order valence-corrected chi connectivity index (χ2v) is 11.4. The fraction of sp³-hybridized carbons (Fsp3) is 0.536. The molecule has 2 aromatic rings. The van der Waals surface area contributed by atoms with E-state index < -0.39 is 5.92 Å². The van der Waals surface area contributed by atoms with Crippen molar-refractivity contribution in [2.45, 2.75) is 62.7 Å². The summed E-state index contributed by atoms with van der Waals surface area (Å²) in [6.07, 6.45) is 5.77. The van der Waals surface area contributed by atoms with Gasteiger partial charge in [0, 0.05) is 62.0 Å². The summed E-state index contributed by atoms with van der Waals surface area (Å²) in [7, 11) is 2.02. The topological polar surface area (TPSA) is 61.6 Å². The maximum absolute atomic E-state index is 13.9. The molecule has 0 bridgehead atoms. The van der Waals surface area contributed by atoms with E-state index in [1.165, 1.54) is 25.7 Å². The summed E-state index contributed by atoms with van der Waals surface area (Å²) in [4.78, 5) is 17.9. The van der Waals surface area contributed by atoms with E-state index in [-0.39, 0.29) is 24.2 Å². The Labute approximate surface area is 205 Å². The van der Waals surface area contributed by atoms with Crippen molar-refractivity contribution in [2.75, 3.05) is 47.5 Å². The number of nitrogens with two attached hydrogens (primary N) is 1. The molecule has 1 amide bonds. The van der Waals surface area contributed by atoms with Crippen LogP contribution in [0.4, 0.5) is 31.5 Å². The summed E-state index contributed by atoms with van der Waals surface area (Å²) < 4.78 is 27.9. The third kappa shape index (κ3) is 4.03. The number of nitrogens with one attached hydrogen (secondary N) is 1. The number of nitrogens with zero attached hydrogens (tertiary/aromatic N) is 2. The standard InChI is InChI=1S/C28H34F2N4O/c1-33-18-27(8-10-28(29,30)11-9-27)22-17-20(3-5-23(22)33)32-25(35)21-4-2-19(31)16-24(21)34-14-12-26(6-7-26)13-15-34/h2-5,16-17H,6-15,18,31H2,1H3,(H,32,35). The van der Waals surface area contributed by atoms with Gasteiger partial charge in [0.1, 0.15) is 0 Å². The normalized spacial score (nSPS) is 23.4. The molecule has 186 valence electrons. The number of benzene rings is 2. The summed E-state index contributed by atoms with van der Waals surface area (Å²) >= 11 is 0. The quantitative estimate of drug-likeness (QED) is 0.545. The van der Waals surface area contributed by atoms with Crippen molar-refractivity contribution in [3.63, 3.8) is 0 Å². The Kier molecular flexibility index (Phi) is 5.07. The van der Waals surface area contributed by atoms with Gasteiger partial charge in [-0.2, -0.15) is 0 Å². The molecule has 5 nitrogen and oxygen atoms in total. The highest BCUT2D eigenvalue weighted by molar-refractivity contribution is 6.08. The summed E-state index contributed by atoms with van der Waals surface area (Å²) in [5, 5.41) is 3.10. The van der Waals surface area contributed by atoms with Gasteiger partial charge in [0.25, 0.3) is 5.91 Å². The molecule has 0 unspecified atom stereocenters. The first-order valence-electron chi connectivity index (χ1n) is 12.9. The number of amides is 1. The maximum atomic E-state index is 13.9. The van der Waals surface area contributed by atoms with Gasteiger partial charge in [0.05, 0.1) is 11.3 Å². The van der Waals surface area contributed by atoms with Crippen molar-refractivity contribution < 1.29 is 13.6 Å². The van der Waals surface area contributed by atoms with Gasteiger partial charge in [0.15, 0.2) is 0 Å². The van der Waals surface area contributed by atoms with Crippen molar-refractivity contribution in [1.29, 1.82) is 0 Å². The highest BCUT2D eigenvalue weighted by Crippen LogP contribution is 2.54. The van der Waals surface area contributed by atoms with Gasteiger partial charge in [-0.1, -0.05) is 0 Å². The molecule has 2 aliphatic carbocycles. The van der Waals surface area contributed by atoms with Crippen LogP contribution in [0.15, 0.2) is 36.4 Å². The molecule has 2 aliphatic heterocycles. The van der Waals surface area contributed by atoms with E-state index in [1.807, 2.05) is 37.4 Å². The van der Waals surface area contributed by atoms with Crippen molar-refractivity contribution >= 4 is 28.7 Å². The zero-order valence-electron chi connectivity index (χ0n) is 20.4. The number of piperidine rings is 1. The lowest BCUT2D eigenvalue weighted by Gasteiger charge is -2.37. The number of anilines is 4. The number of halogens is 2. The van der Waals surface area contributed by atoms with Crippen LogP contribution < -0.4 is 20.9 Å². The van der Waals surface area contributed by atoms with E-state index >= 15 is 0 Å². The second kappa shape index (κ2) is 7.84. The lowest BCUT2D eigenvalue weighted by Crippen LogP contribution is -2.39. The molecule has 2 spiro atoms. The van der Waals surface area contributed by atoms with E-state index in [4.69, 9.17) is 5.73 Å². The minimum absolute atomic E-state index is 0.0806. The molecule has 1 saturated heterocycles. The first kappa shape index (κ1) is 22.6. The molecule has 35 heavy (non-hydrogen) atoms. The van der Waals surface area contributed by atoms with Crippen LogP contribution in [-0.2, 0) is 5.41 Å². The fourth-order valence-corrected chi connectivity index (χ4v) is 6.62. The lowest BCUT2D eigenvalue weighted by molar-refractivity contribution is -0.0499. The number of hydrogen-bond acceptors (Lipinski definition) is 4. The molecule has 0 atom stereocenters. The first-order valence-corrected chi connectivity index (χ1v) is 12.9. The Bertz CT molecular complexity index is 1160. The van der Waals surface area contributed by atoms with Gasteiger partial charge in [-0.25, -0.2) is 8.78 Å². The van der Waals surface area contributed by atoms with E-state index in [0.29, 0.717) is 35.2 Å². The van der Waals surface area contributed by atoms with E-state index in [2.05, 4.69) is 15.1 Å². The highest BCUT2D eigenvalue weighted by Gasteiger charge is 2.49. The van der Waals surface area contributed by atoms with Crippen LogP contribution in [0.3, 0.4) is 0 Å². The molecular weight excluding hydrogens is 446 g/mol. The summed E-state index contributed by atoms with van der Waals surface area (Å²) in [5.41, 5.74) is 11.4. The van der Waals surface area contributed by atoms with Crippen molar-refractivity contribution in [1.82, 2.24) is 0 Å². The lowest BCUT2D eigenvalue weighted by atomic mass is 9.69. The average molecular weight is 481 g/mol. The average Bonchev–Trinajstić information content (AvgIpc) is 3.53. The summed E-state index contributed by atoms with van der Waals surface area (Å²) in [5.74, 6) is -2.74. The SMILES string of the molecule is CN1CC2(CCC(F)(F)CC2)c2cc(NC(=O)c3ccc(N)cc3N3CCC4(CC3)CC4)ccc21. The minimum Gasteiger partial charge on any atom is -0.399 e. The molecule has 2 saturated carbocycles. The zero-order valence-corrected chi connectivity index (χ0v) is 20.4. The number of rotatable bonds is 3. The second-order valence-electron chi connectivity index (χ2n) is 11.4. The number of fused-ring (bicyclic) bond motifs is 2. The van der Waals surface area contributed by atoms with E-state index in [0.717, 1.165) is 36.6 Å². The summed E-state index contributed by atoms with van der Waals surface area (Å²) in [6, 6.07) is 11.4.